The van der Waals surface area contributed by atoms with E-state index >= 15 is 0 Å². The van der Waals surface area contributed by atoms with Crippen LogP contribution in [0.25, 0.3) is 0 Å². The number of aryl methyl sites for hydroxylation is 2. The van der Waals surface area contributed by atoms with Gasteiger partial charge in [-0.3, -0.25) is 9.89 Å². The Morgan fingerprint density at radius 2 is 2.17 bits per heavy atom. The van der Waals surface area contributed by atoms with Gasteiger partial charge in [0.25, 0.3) is 5.91 Å². The van der Waals surface area contributed by atoms with Crippen molar-refractivity contribution in [3.8, 4) is 0 Å². The Bertz CT molecular complexity index is 590. The van der Waals surface area contributed by atoms with Crippen molar-refractivity contribution >= 4 is 27.5 Å². The number of H-pyrrole nitrogens is 1. The fourth-order valence-electron chi connectivity index (χ4n) is 1.59. The summed E-state index contributed by atoms with van der Waals surface area (Å²) < 4.78 is 13.4. The van der Waals surface area contributed by atoms with Crippen LogP contribution in [0, 0.1) is 19.7 Å². The summed E-state index contributed by atoms with van der Waals surface area (Å²) >= 11 is 3.16. The second-order valence-electron chi connectivity index (χ2n) is 3.89. The van der Waals surface area contributed by atoms with Crippen molar-refractivity contribution in [2.45, 2.75) is 13.8 Å². The lowest BCUT2D eigenvalue weighted by Gasteiger charge is -2.07. The van der Waals surface area contributed by atoms with Gasteiger partial charge in [-0.25, -0.2) is 4.39 Å². The molecule has 1 aromatic carbocycles. The Morgan fingerprint density at radius 3 is 2.72 bits per heavy atom. The summed E-state index contributed by atoms with van der Waals surface area (Å²) in [4.78, 5) is 12.0. The van der Waals surface area contributed by atoms with Crippen molar-refractivity contribution < 1.29 is 9.18 Å². The third kappa shape index (κ3) is 2.43. The predicted octanol–water partition coefficient (Wildman–Crippen LogP) is 3.18. The summed E-state index contributed by atoms with van der Waals surface area (Å²) in [6.07, 6.45) is 0. The van der Waals surface area contributed by atoms with E-state index in [-0.39, 0.29) is 5.91 Å². The van der Waals surface area contributed by atoms with Crippen molar-refractivity contribution in [3.63, 3.8) is 0 Å². The van der Waals surface area contributed by atoms with E-state index < -0.39 is 5.82 Å². The minimum Gasteiger partial charge on any atom is -0.319 e. The molecule has 2 N–H and O–H groups in total. The minimum absolute atomic E-state index is 0.311. The molecule has 4 nitrogen and oxygen atoms in total. The molecule has 1 heterocycles. The van der Waals surface area contributed by atoms with Crippen LogP contribution in [0.4, 0.5) is 10.1 Å². The molecule has 0 spiro atoms. The Kier molecular flexibility index (Phi) is 3.47. The zero-order chi connectivity index (χ0) is 13.3. The van der Waals surface area contributed by atoms with E-state index in [1.54, 1.807) is 6.92 Å². The monoisotopic (exact) mass is 311 g/mol. The van der Waals surface area contributed by atoms with Crippen molar-refractivity contribution in [3.05, 3.63) is 45.4 Å². The maximum absolute atomic E-state index is 12.9. The molecule has 0 saturated heterocycles. The molecule has 0 bridgehead atoms. The molecule has 0 atom stereocenters. The molecular weight excluding hydrogens is 301 g/mol. The summed E-state index contributed by atoms with van der Waals surface area (Å²) in [6.45, 7) is 3.61. The van der Waals surface area contributed by atoms with Crippen molar-refractivity contribution in [2.24, 2.45) is 0 Å². The van der Waals surface area contributed by atoms with E-state index in [0.717, 1.165) is 5.69 Å². The Labute approximate surface area is 112 Å². The van der Waals surface area contributed by atoms with E-state index in [0.29, 0.717) is 21.4 Å². The lowest BCUT2D eigenvalue weighted by atomic mass is 10.2. The van der Waals surface area contributed by atoms with Gasteiger partial charge in [-0.05, 0) is 48.0 Å². The van der Waals surface area contributed by atoms with Crippen LogP contribution >= 0.6 is 15.9 Å². The number of carbonyl (C=O) groups is 1. The summed E-state index contributed by atoms with van der Waals surface area (Å²) in [5.41, 5.74) is 2.51. The van der Waals surface area contributed by atoms with E-state index in [1.807, 2.05) is 6.92 Å². The zero-order valence-electron chi connectivity index (χ0n) is 9.84. The standard InChI is InChI=1S/C12H11BrFN3O/c1-6-11(7(2)17-16-6)15-12(18)9-4-3-8(14)5-10(9)13/h3-5H,1-2H3,(H,15,18)(H,16,17). The van der Waals surface area contributed by atoms with Gasteiger partial charge in [0.15, 0.2) is 0 Å². The molecule has 0 aliphatic carbocycles. The number of rotatable bonds is 2. The highest BCUT2D eigenvalue weighted by molar-refractivity contribution is 9.10. The van der Waals surface area contributed by atoms with Crippen molar-refractivity contribution in [1.29, 1.82) is 0 Å². The maximum Gasteiger partial charge on any atom is 0.256 e. The first-order chi connectivity index (χ1) is 8.49. The van der Waals surface area contributed by atoms with Crippen molar-refractivity contribution in [2.75, 3.05) is 5.32 Å². The fraction of sp³-hybridized carbons (Fsp3) is 0.167. The van der Waals surface area contributed by atoms with Crippen LogP contribution in [0.2, 0.25) is 0 Å². The lowest BCUT2D eigenvalue weighted by Crippen LogP contribution is -2.13. The molecule has 0 aliphatic heterocycles. The number of anilines is 1. The highest BCUT2D eigenvalue weighted by Crippen LogP contribution is 2.21. The van der Waals surface area contributed by atoms with Crippen LogP contribution in [0.3, 0.4) is 0 Å². The van der Waals surface area contributed by atoms with Gasteiger partial charge in [-0.15, -0.1) is 0 Å². The molecule has 0 saturated carbocycles. The van der Waals surface area contributed by atoms with Gasteiger partial charge in [0.1, 0.15) is 5.82 Å². The number of amides is 1. The summed E-state index contributed by atoms with van der Waals surface area (Å²) in [5.74, 6) is -0.705. The predicted molar refractivity (Wildman–Crippen MR) is 70.1 cm³/mol. The van der Waals surface area contributed by atoms with Crippen LogP contribution < -0.4 is 5.32 Å². The lowest BCUT2D eigenvalue weighted by molar-refractivity contribution is 0.102. The molecule has 18 heavy (non-hydrogen) atoms. The summed E-state index contributed by atoms with van der Waals surface area (Å²) in [5, 5.41) is 9.52. The van der Waals surface area contributed by atoms with Gasteiger partial charge in [-0.1, -0.05) is 0 Å². The number of hydrogen-bond acceptors (Lipinski definition) is 2. The molecule has 0 aliphatic rings. The molecule has 1 aromatic heterocycles. The fourth-order valence-corrected chi connectivity index (χ4v) is 2.12. The highest BCUT2D eigenvalue weighted by Gasteiger charge is 2.14. The Balaban J connectivity index is 2.28. The summed E-state index contributed by atoms with van der Waals surface area (Å²) in [6, 6.07) is 3.93. The molecule has 0 unspecified atom stereocenters. The van der Waals surface area contributed by atoms with Gasteiger partial charge in [0.2, 0.25) is 0 Å². The molecule has 94 valence electrons. The number of aromatic nitrogens is 2. The minimum atomic E-state index is -0.394. The third-order valence-electron chi connectivity index (χ3n) is 2.54. The van der Waals surface area contributed by atoms with Gasteiger partial charge in [0.05, 0.1) is 22.6 Å². The summed E-state index contributed by atoms with van der Waals surface area (Å²) in [7, 11) is 0. The number of carbonyl (C=O) groups excluding carboxylic acids is 1. The number of aromatic amines is 1. The first kappa shape index (κ1) is 12.8. The van der Waals surface area contributed by atoms with Crippen LogP contribution in [0.1, 0.15) is 21.7 Å². The molecule has 1 amide bonds. The van der Waals surface area contributed by atoms with Crippen molar-refractivity contribution in [1.82, 2.24) is 10.2 Å². The van der Waals surface area contributed by atoms with Crippen LogP contribution in [0.5, 0.6) is 0 Å². The average molecular weight is 312 g/mol. The SMILES string of the molecule is Cc1n[nH]c(C)c1NC(=O)c1ccc(F)cc1Br. The van der Waals surface area contributed by atoms with Gasteiger partial charge in [0, 0.05) is 4.47 Å². The van der Waals surface area contributed by atoms with Crippen LogP contribution in [-0.2, 0) is 0 Å². The number of nitrogens with zero attached hydrogens (tertiary/aromatic N) is 1. The second kappa shape index (κ2) is 4.89. The van der Waals surface area contributed by atoms with Crippen LogP contribution in [-0.4, -0.2) is 16.1 Å². The molecule has 2 aromatic rings. The van der Waals surface area contributed by atoms with E-state index in [9.17, 15) is 9.18 Å². The average Bonchev–Trinajstić information content (AvgIpc) is 2.60. The number of benzene rings is 1. The van der Waals surface area contributed by atoms with Gasteiger partial charge in [-0.2, -0.15) is 5.10 Å². The Morgan fingerprint density at radius 1 is 1.44 bits per heavy atom. The molecule has 0 radical (unpaired) electrons. The molecule has 0 fully saturated rings. The first-order valence-electron chi connectivity index (χ1n) is 5.27. The highest BCUT2D eigenvalue weighted by atomic mass is 79.9. The number of nitrogens with one attached hydrogen (secondary N) is 2. The smallest absolute Gasteiger partial charge is 0.256 e. The normalized spacial score (nSPS) is 10.4. The number of hydrogen-bond donors (Lipinski definition) is 2. The maximum atomic E-state index is 12.9. The molecular formula is C12H11BrFN3O. The van der Waals surface area contributed by atoms with E-state index in [2.05, 4.69) is 31.4 Å². The quantitative estimate of drug-likeness (QED) is 0.895. The molecule has 6 heteroatoms. The van der Waals surface area contributed by atoms with E-state index in [1.165, 1.54) is 18.2 Å². The third-order valence-corrected chi connectivity index (χ3v) is 3.20. The largest absolute Gasteiger partial charge is 0.319 e. The van der Waals surface area contributed by atoms with Gasteiger partial charge >= 0.3 is 0 Å². The Hall–Kier alpha value is -1.69. The topological polar surface area (TPSA) is 57.8 Å². The van der Waals surface area contributed by atoms with Gasteiger partial charge < -0.3 is 5.32 Å². The first-order valence-corrected chi connectivity index (χ1v) is 6.06. The molecule has 2 rings (SSSR count). The van der Waals surface area contributed by atoms with Crippen LogP contribution in [0.15, 0.2) is 22.7 Å². The zero-order valence-corrected chi connectivity index (χ0v) is 11.4. The van der Waals surface area contributed by atoms with E-state index in [4.69, 9.17) is 0 Å². The second-order valence-corrected chi connectivity index (χ2v) is 4.74. The number of halogens is 2.